The number of carbonyl (C=O) groups is 2. The Morgan fingerprint density at radius 3 is 2.58 bits per heavy atom. The van der Waals surface area contributed by atoms with E-state index < -0.39 is 5.97 Å². The first-order chi connectivity index (χ1) is 5.61. The number of Topliss-reactive ketones (excluding diaryl/α,β-unsaturated/α-hetero) is 1. The first-order valence-electron chi connectivity index (χ1n) is 3.48. The van der Waals surface area contributed by atoms with Crippen LogP contribution in [0.3, 0.4) is 0 Å². The highest BCUT2D eigenvalue weighted by atomic mass is 16.5. The average molecular weight is 167 g/mol. The molecule has 4 heteroatoms. The SMILES string of the molecule is CC(=O)Oc1[nH]ccc1C(C)=O. The average Bonchev–Trinajstić information content (AvgIpc) is 2.33. The van der Waals surface area contributed by atoms with Gasteiger partial charge in [0.05, 0.1) is 5.56 Å². The van der Waals surface area contributed by atoms with Gasteiger partial charge < -0.3 is 9.72 Å². The van der Waals surface area contributed by atoms with Crippen LogP contribution >= 0.6 is 0 Å². The first kappa shape index (κ1) is 8.52. The van der Waals surface area contributed by atoms with E-state index in [-0.39, 0.29) is 11.7 Å². The highest BCUT2D eigenvalue weighted by Gasteiger charge is 2.10. The van der Waals surface area contributed by atoms with Crippen LogP contribution in [0.4, 0.5) is 0 Å². The molecule has 0 aliphatic heterocycles. The summed E-state index contributed by atoms with van der Waals surface area (Å²) in [5.74, 6) is -0.359. The fraction of sp³-hybridized carbons (Fsp3) is 0.250. The third-order valence-electron chi connectivity index (χ3n) is 1.33. The lowest BCUT2D eigenvalue weighted by molar-refractivity contribution is -0.132. The van der Waals surface area contributed by atoms with Gasteiger partial charge in [-0.2, -0.15) is 0 Å². The number of ether oxygens (including phenoxy) is 1. The van der Waals surface area contributed by atoms with E-state index in [4.69, 9.17) is 4.74 Å². The molecule has 0 saturated heterocycles. The minimum absolute atomic E-state index is 0.132. The predicted octanol–water partition coefficient (Wildman–Crippen LogP) is 1.14. The molecule has 0 saturated carbocycles. The van der Waals surface area contributed by atoms with Gasteiger partial charge >= 0.3 is 5.97 Å². The Bertz CT molecular complexity index is 314. The molecule has 0 fully saturated rings. The molecule has 4 nitrogen and oxygen atoms in total. The zero-order valence-electron chi connectivity index (χ0n) is 6.88. The van der Waals surface area contributed by atoms with E-state index in [2.05, 4.69) is 4.98 Å². The minimum Gasteiger partial charge on any atom is -0.409 e. The highest BCUT2D eigenvalue weighted by molar-refractivity contribution is 5.97. The maximum absolute atomic E-state index is 10.9. The van der Waals surface area contributed by atoms with Crippen LogP contribution in [0.25, 0.3) is 0 Å². The van der Waals surface area contributed by atoms with Crippen molar-refractivity contribution >= 4 is 11.8 Å². The maximum Gasteiger partial charge on any atom is 0.309 e. The van der Waals surface area contributed by atoms with Gasteiger partial charge in [-0.3, -0.25) is 9.59 Å². The van der Waals surface area contributed by atoms with E-state index in [0.29, 0.717) is 5.56 Å². The monoisotopic (exact) mass is 167 g/mol. The van der Waals surface area contributed by atoms with E-state index in [9.17, 15) is 9.59 Å². The fourth-order valence-corrected chi connectivity index (χ4v) is 0.860. The topological polar surface area (TPSA) is 59.2 Å². The molecule has 1 rings (SSSR count). The number of rotatable bonds is 2. The summed E-state index contributed by atoms with van der Waals surface area (Å²) >= 11 is 0. The summed E-state index contributed by atoms with van der Waals surface area (Å²) in [7, 11) is 0. The predicted molar refractivity (Wildman–Crippen MR) is 42.1 cm³/mol. The van der Waals surface area contributed by atoms with Crippen molar-refractivity contribution in [3.8, 4) is 5.88 Å². The molecule has 1 aromatic heterocycles. The van der Waals surface area contributed by atoms with Gasteiger partial charge in [0.15, 0.2) is 5.78 Å². The van der Waals surface area contributed by atoms with Gasteiger partial charge in [-0.15, -0.1) is 0 Å². The second-order valence-electron chi connectivity index (χ2n) is 2.37. The zero-order valence-corrected chi connectivity index (χ0v) is 6.88. The molecule has 0 amide bonds. The molecular weight excluding hydrogens is 158 g/mol. The Morgan fingerprint density at radius 1 is 1.42 bits per heavy atom. The number of ketones is 1. The molecule has 0 spiro atoms. The van der Waals surface area contributed by atoms with Crippen molar-refractivity contribution in [2.24, 2.45) is 0 Å². The van der Waals surface area contributed by atoms with Crippen LogP contribution < -0.4 is 4.74 Å². The summed E-state index contributed by atoms with van der Waals surface area (Å²) in [6.45, 7) is 2.70. The fourth-order valence-electron chi connectivity index (χ4n) is 0.860. The van der Waals surface area contributed by atoms with Crippen molar-refractivity contribution in [3.05, 3.63) is 17.8 Å². The van der Waals surface area contributed by atoms with Crippen molar-refractivity contribution in [1.82, 2.24) is 4.98 Å². The highest BCUT2D eigenvalue weighted by Crippen LogP contribution is 2.15. The summed E-state index contributed by atoms with van der Waals surface area (Å²) < 4.78 is 4.73. The van der Waals surface area contributed by atoms with Gasteiger partial charge in [0.1, 0.15) is 0 Å². The quantitative estimate of drug-likeness (QED) is 0.530. The standard InChI is InChI=1S/C8H9NO3/c1-5(10)7-3-4-9-8(7)12-6(2)11/h3-4,9H,1-2H3. The number of aromatic amines is 1. The van der Waals surface area contributed by atoms with Crippen molar-refractivity contribution in [2.45, 2.75) is 13.8 Å². The van der Waals surface area contributed by atoms with E-state index >= 15 is 0 Å². The van der Waals surface area contributed by atoms with Gasteiger partial charge in [-0.1, -0.05) is 0 Å². The van der Waals surface area contributed by atoms with Gasteiger partial charge in [0.25, 0.3) is 0 Å². The second kappa shape index (κ2) is 3.21. The summed E-state index contributed by atoms with van der Waals surface area (Å²) in [4.78, 5) is 24.1. The molecule has 0 unspecified atom stereocenters. The molecule has 0 radical (unpaired) electrons. The van der Waals surface area contributed by atoms with E-state index in [0.717, 1.165) is 0 Å². The molecule has 0 aliphatic rings. The van der Waals surface area contributed by atoms with Crippen molar-refractivity contribution in [3.63, 3.8) is 0 Å². The number of hydrogen-bond acceptors (Lipinski definition) is 3. The maximum atomic E-state index is 10.9. The van der Waals surface area contributed by atoms with E-state index in [1.807, 2.05) is 0 Å². The lowest BCUT2D eigenvalue weighted by Crippen LogP contribution is -2.04. The van der Waals surface area contributed by atoms with Crippen LogP contribution in [0.1, 0.15) is 24.2 Å². The summed E-state index contributed by atoms with van der Waals surface area (Å²) in [5, 5.41) is 0. The largest absolute Gasteiger partial charge is 0.409 e. The van der Waals surface area contributed by atoms with Gasteiger partial charge in [-0.25, -0.2) is 0 Å². The Hall–Kier alpha value is -1.58. The van der Waals surface area contributed by atoms with E-state index in [1.54, 1.807) is 12.3 Å². The van der Waals surface area contributed by atoms with Crippen LogP contribution in [0, 0.1) is 0 Å². The zero-order chi connectivity index (χ0) is 9.14. The number of nitrogens with one attached hydrogen (secondary N) is 1. The van der Waals surface area contributed by atoms with Crippen molar-refractivity contribution in [1.29, 1.82) is 0 Å². The normalized spacial score (nSPS) is 9.50. The summed E-state index contributed by atoms with van der Waals surface area (Å²) in [6, 6.07) is 1.57. The minimum atomic E-state index is -0.444. The van der Waals surface area contributed by atoms with E-state index in [1.165, 1.54) is 13.8 Å². The molecule has 1 aromatic rings. The molecule has 12 heavy (non-hydrogen) atoms. The number of carbonyl (C=O) groups excluding carboxylic acids is 2. The molecule has 0 bridgehead atoms. The van der Waals surface area contributed by atoms with Crippen LogP contribution in [0.2, 0.25) is 0 Å². The van der Waals surface area contributed by atoms with Gasteiger partial charge in [0, 0.05) is 13.1 Å². The van der Waals surface area contributed by atoms with Crippen molar-refractivity contribution < 1.29 is 14.3 Å². The molecule has 64 valence electrons. The lowest BCUT2D eigenvalue weighted by Gasteiger charge is -1.98. The molecular formula is C8H9NO3. The third-order valence-corrected chi connectivity index (χ3v) is 1.33. The Balaban J connectivity index is 2.91. The van der Waals surface area contributed by atoms with Crippen LogP contribution in [-0.4, -0.2) is 16.7 Å². The number of esters is 1. The smallest absolute Gasteiger partial charge is 0.309 e. The first-order valence-corrected chi connectivity index (χ1v) is 3.48. The molecule has 0 aliphatic carbocycles. The van der Waals surface area contributed by atoms with Crippen LogP contribution in [0.15, 0.2) is 12.3 Å². The Kier molecular flexibility index (Phi) is 2.28. The van der Waals surface area contributed by atoms with Crippen LogP contribution in [0.5, 0.6) is 5.88 Å². The Morgan fingerprint density at radius 2 is 2.08 bits per heavy atom. The van der Waals surface area contributed by atoms with Crippen molar-refractivity contribution in [2.75, 3.05) is 0 Å². The summed E-state index contributed by atoms with van der Waals surface area (Å²) in [5.41, 5.74) is 0.394. The Labute approximate surface area is 69.5 Å². The molecule has 1 N–H and O–H groups in total. The third kappa shape index (κ3) is 1.72. The van der Waals surface area contributed by atoms with Gasteiger partial charge in [0.2, 0.25) is 5.88 Å². The van der Waals surface area contributed by atoms with Crippen LogP contribution in [-0.2, 0) is 4.79 Å². The summed E-state index contributed by atoms with van der Waals surface area (Å²) in [6.07, 6.45) is 1.55. The lowest BCUT2D eigenvalue weighted by atomic mass is 10.2. The molecule has 0 aromatic carbocycles. The number of aromatic nitrogens is 1. The number of H-pyrrole nitrogens is 1. The molecule has 0 atom stereocenters. The number of hydrogen-bond donors (Lipinski definition) is 1. The molecule has 1 heterocycles. The second-order valence-corrected chi connectivity index (χ2v) is 2.37. The van der Waals surface area contributed by atoms with Gasteiger partial charge in [-0.05, 0) is 13.0 Å².